The Hall–Kier alpha value is -3.11. The second-order valence-corrected chi connectivity index (χ2v) is 8.89. The predicted octanol–water partition coefficient (Wildman–Crippen LogP) is 2.98. The lowest BCUT2D eigenvalue weighted by atomic mass is 10.1. The molecule has 30 heavy (non-hydrogen) atoms. The molecule has 10 heteroatoms. The van der Waals surface area contributed by atoms with Gasteiger partial charge in [-0.15, -0.1) is 5.10 Å². The predicted molar refractivity (Wildman–Crippen MR) is 106 cm³/mol. The van der Waals surface area contributed by atoms with Gasteiger partial charge in [0.25, 0.3) is 0 Å². The highest BCUT2D eigenvalue weighted by molar-refractivity contribution is 7.89. The van der Waals surface area contributed by atoms with Crippen molar-refractivity contribution in [3.63, 3.8) is 0 Å². The molecule has 1 unspecified atom stereocenters. The highest BCUT2D eigenvalue weighted by Gasteiger charge is 2.39. The molecule has 1 aromatic heterocycles. The molecule has 8 nitrogen and oxygen atoms in total. The van der Waals surface area contributed by atoms with Gasteiger partial charge >= 0.3 is 6.01 Å². The van der Waals surface area contributed by atoms with E-state index < -0.39 is 27.8 Å². The van der Waals surface area contributed by atoms with Crippen LogP contribution in [0.2, 0.25) is 0 Å². The lowest BCUT2D eigenvalue weighted by molar-refractivity contribution is -0.119. The molecular weight excluding hydrogens is 411 g/mol. The Kier molecular flexibility index (Phi) is 5.35. The van der Waals surface area contributed by atoms with Crippen molar-refractivity contribution >= 4 is 21.9 Å². The zero-order valence-corrected chi connectivity index (χ0v) is 16.9. The number of carbonyl (C=O) groups is 1. The van der Waals surface area contributed by atoms with Crippen molar-refractivity contribution in [3.05, 3.63) is 59.9 Å². The van der Waals surface area contributed by atoms with E-state index in [-0.39, 0.29) is 23.3 Å². The lowest BCUT2D eigenvalue weighted by Crippen LogP contribution is -2.43. The number of halogens is 1. The zero-order valence-electron chi connectivity index (χ0n) is 16.1. The van der Waals surface area contributed by atoms with E-state index in [4.69, 9.17) is 4.42 Å². The van der Waals surface area contributed by atoms with Gasteiger partial charge < -0.3 is 4.42 Å². The van der Waals surface area contributed by atoms with E-state index in [1.807, 2.05) is 25.1 Å². The average molecular weight is 430 g/mol. The van der Waals surface area contributed by atoms with E-state index in [0.717, 1.165) is 22.0 Å². The highest BCUT2D eigenvalue weighted by Crippen LogP contribution is 2.27. The van der Waals surface area contributed by atoms with Gasteiger partial charge in [-0.2, -0.15) is 4.31 Å². The molecule has 156 valence electrons. The minimum atomic E-state index is -3.95. The number of aromatic nitrogens is 2. The first kappa shape index (κ1) is 20.2. The monoisotopic (exact) mass is 430 g/mol. The molecule has 2 heterocycles. The number of anilines is 1. The summed E-state index contributed by atoms with van der Waals surface area (Å²) in [4.78, 5) is 12.7. The number of carbonyl (C=O) groups excluding carboxylic acids is 1. The topological polar surface area (TPSA) is 105 Å². The minimum absolute atomic E-state index is 0.0666. The second kappa shape index (κ2) is 7.96. The normalized spacial score (nSPS) is 17.2. The van der Waals surface area contributed by atoms with Crippen molar-refractivity contribution in [3.8, 4) is 11.5 Å². The average Bonchev–Trinajstić information content (AvgIpc) is 3.38. The van der Waals surface area contributed by atoms with Crippen LogP contribution in [-0.4, -0.2) is 41.4 Å². The standard InChI is InChI=1S/C20H19FN4O4S/c1-13-4-2-5-14(12-13)19-23-24-20(29-19)22-18(26)17-6-3-11-25(17)30(27,28)16-9-7-15(21)8-10-16/h2,4-5,7-10,12,17H,3,6,11H2,1H3,(H,22,24,26). The Morgan fingerprint density at radius 2 is 1.97 bits per heavy atom. The molecule has 4 rings (SSSR count). The third-order valence-electron chi connectivity index (χ3n) is 4.85. The van der Waals surface area contributed by atoms with Gasteiger partial charge in [0.2, 0.25) is 21.8 Å². The molecule has 0 bridgehead atoms. The van der Waals surface area contributed by atoms with Crippen molar-refractivity contribution in [2.45, 2.75) is 30.7 Å². The first-order valence-electron chi connectivity index (χ1n) is 9.33. The molecule has 0 spiro atoms. The number of amides is 1. The van der Waals surface area contributed by atoms with E-state index in [1.54, 1.807) is 6.07 Å². The van der Waals surface area contributed by atoms with E-state index in [9.17, 15) is 17.6 Å². The number of nitrogens with zero attached hydrogens (tertiary/aromatic N) is 3. The Labute approximate surface area is 172 Å². The molecular formula is C20H19FN4O4S. The van der Waals surface area contributed by atoms with Crippen molar-refractivity contribution < 1.29 is 22.0 Å². The first-order chi connectivity index (χ1) is 14.3. The third kappa shape index (κ3) is 3.96. The van der Waals surface area contributed by atoms with Crippen LogP contribution in [0.25, 0.3) is 11.5 Å². The summed E-state index contributed by atoms with van der Waals surface area (Å²) in [5.74, 6) is -0.848. The minimum Gasteiger partial charge on any atom is -0.403 e. The number of benzene rings is 2. The van der Waals surface area contributed by atoms with Crippen LogP contribution in [-0.2, 0) is 14.8 Å². The summed E-state index contributed by atoms with van der Waals surface area (Å²) in [6, 6.07) is 10.9. The van der Waals surface area contributed by atoms with Crippen LogP contribution in [0.1, 0.15) is 18.4 Å². The molecule has 1 fully saturated rings. The fraction of sp³-hybridized carbons (Fsp3) is 0.250. The zero-order chi connectivity index (χ0) is 21.3. The number of nitrogens with one attached hydrogen (secondary N) is 1. The summed E-state index contributed by atoms with van der Waals surface area (Å²) in [5, 5.41) is 10.3. The highest BCUT2D eigenvalue weighted by atomic mass is 32.2. The molecule has 1 saturated heterocycles. The maximum Gasteiger partial charge on any atom is 0.322 e. The molecule has 1 amide bonds. The van der Waals surface area contributed by atoms with Gasteiger partial charge in [-0.25, -0.2) is 12.8 Å². The molecule has 2 aromatic carbocycles. The number of rotatable bonds is 5. The van der Waals surface area contributed by atoms with Crippen LogP contribution in [0.4, 0.5) is 10.4 Å². The van der Waals surface area contributed by atoms with Gasteiger partial charge in [-0.05, 0) is 56.2 Å². The molecule has 0 radical (unpaired) electrons. The van der Waals surface area contributed by atoms with Crippen LogP contribution in [0.3, 0.4) is 0 Å². The number of sulfonamides is 1. The smallest absolute Gasteiger partial charge is 0.322 e. The maximum atomic E-state index is 13.2. The van der Waals surface area contributed by atoms with Gasteiger partial charge in [-0.3, -0.25) is 10.1 Å². The van der Waals surface area contributed by atoms with Crippen LogP contribution in [0.15, 0.2) is 57.8 Å². The summed E-state index contributed by atoms with van der Waals surface area (Å²) in [5.41, 5.74) is 1.73. The SMILES string of the molecule is Cc1cccc(-c2nnc(NC(=O)C3CCCN3S(=O)(=O)c3ccc(F)cc3)o2)c1. The molecule has 1 atom stereocenters. The summed E-state index contributed by atoms with van der Waals surface area (Å²) in [6.07, 6.45) is 0.877. The quantitative estimate of drug-likeness (QED) is 0.667. The molecule has 1 aliphatic heterocycles. The number of hydrogen-bond acceptors (Lipinski definition) is 6. The molecule has 0 saturated carbocycles. The van der Waals surface area contributed by atoms with E-state index in [0.29, 0.717) is 18.4 Å². The Bertz CT molecular complexity index is 1180. The summed E-state index contributed by atoms with van der Waals surface area (Å²) < 4.78 is 45.6. The Morgan fingerprint density at radius 3 is 2.70 bits per heavy atom. The van der Waals surface area contributed by atoms with E-state index in [2.05, 4.69) is 15.5 Å². The van der Waals surface area contributed by atoms with Crippen molar-refractivity contribution in [2.75, 3.05) is 11.9 Å². The third-order valence-corrected chi connectivity index (χ3v) is 6.77. The molecule has 3 aromatic rings. The van der Waals surface area contributed by atoms with Crippen LogP contribution >= 0.6 is 0 Å². The number of hydrogen-bond donors (Lipinski definition) is 1. The van der Waals surface area contributed by atoms with E-state index >= 15 is 0 Å². The molecule has 0 aliphatic carbocycles. The van der Waals surface area contributed by atoms with Crippen LogP contribution in [0.5, 0.6) is 0 Å². The van der Waals surface area contributed by atoms with Crippen LogP contribution < -0.4 is 5.32 Å². The largest absolute Gasteiger partial charge is 0.403 e. The number of aryl methyl sites for hydroxylation is 1. The van der Waals surface area contributed by atoms with Gasteiger partial charge in [0, 0.05) is 12.1 Å². The van der Waals surface area contributed by atoms with E-state index in [1.165, 1.54) is 12.1 Å². The fourth-order valence-corrected chi connectivity index (χ4v) is 5.05. The summed E-state index contributed by atoms with van der Waals surface area (Å²) in [6.45, 7) is 2.12. The second-order valence-electron chi connectivity index (χ2n) is 7.00. The Balaban J connectivity index is 1.51. The first-order valence-corrected chi connectivity index (χ1v) is 10.8. The van der Waals surface area contributed by atoms with Crippen LogP contribution in [0, 0.1) is 12.7 Å². The van der Waals surface area contributed by atoms with Crippen molar-refractivity contribution in [1.82, 2.24) is 14.5 Å². The molecule has 1 N–H and O–H groups in total. The Morgan fingerprint density at radius 1 is 1.20 bits per heavy atom. The summed E-state index contributed by atoms with van der Waals surface area (Å²) >= 11 is 0. The summed E-state index contributed by atoms with van der Waals surface area (Å²) in [7, 11) is -3.95. The van der Waals surface area contributed by atoms with Crippen molar-refractivity contribution in [1.29, 1.82) is 0 Å². The van der Waals surface area contributed by atoms with Gasteiger partial charge in [0.05, 0.1) is 4.90 Å². The maximum absolute atomic E-state index is 13.2. The van der Waals surface area contributed by atoms with Gasteiger partial charge in [0.1, 0.15) is 11.9 Å². The molecule has 1 aliphatic rings. The fourth-order valence-electron chi connectivity index (χ4n) is 3.39. The van der Waals surface area contributed by atoms with Gasteiger partial charge in [-0.1, -0.05) is 22.8 Å². The lowest BCUT2D eigenvalue weighted by Gasteiger charge is -2.22. The van der Waals surface area contributed by atoms with Gasteiger partial charge in [0.15, 0.2) is 0 Å². The van der Waals surface area contributed by atoms with Crippen molar-refractivity contribution in [2.24, 2.45) is 0 Å².